The Bertz CT molecular complexity index is 86.3. The summed E-state index contributed by atoms with van der Waals surface area (Å²) < 4.78 is 0. The second-order valence-electron chi connectivity index (χ2n) is 1.45. The molecule has 0 aliphatic heterocycles. The van der Waals surface area contributed by atoms with Gasteiger partial charge in [0.05, 0.1) is 0 Å². The van der Waals surface area contributed by atoms with Crippen molar-refractivity contribution >= 4 is 11.8 Å². The van der Waals surface area contributed by atoms with Crippen molar-refractivity contribution in [3.8, 4) is 11.8 Å². The molecule has 1 heteroatoms. The lowest BCUT2D eigenvalue weighted by Gasteiger charge is -1.86. The Morgan fingerprint density at radius 3 is 2.88 bits per heavy atom. The van der Waals surface area contributed by atoms with Gasteiger partial charge in [-0.2, -0.15) is 11.8 Å². The van der Waals surface area contributed by atoms with E-state index in [0.29, 0.717) is 0 Å². The molecule has 8 heavy (non-hydrogen) atoms. The van der Waals surface area contributed by atoms with E-state index >= 15 is 0 Å². The number of hydrogen-bond acceptors (Lipinski definition) is 1. The lowest BCUT2D eigenvalue weighted by atomic mass is 10.3. The fraction of sp³-hybridized carbons (Fsp3) is 0.571. The summed E-state index contributed by atoms with van der Waals surface area (Å²) in [6, 6.07) is 0. The molecule has 0 nitrogen and oxygen atoms in total. The monoisotopic (exact) mass is 127 g/mol. The van der Waals surface area contributed by atoms with E-state index in [4.69, 9.17) is 0 Å². The summed E-state index contributed by atoms with van der Waals surface area (Å²) >= 11 is 1.86. The summed E-state index contributed by atoms with van der Waals surface area (Å²) in [5, 5.41) is 0. The minimum atomic E-state index is 1.00. The number of rotatable bonds is 3. The highest BCUT2D eigenvalue weighted by Crippen LogP contribution is 1.96. The first-order chi connectivity index (χ1) is 3.91. The Balaban J connectivity index is 2.79. The van der Waals surface area contributed by atoms with Crippen molar-refractivity contribution in [2.75, 3.05) is 12.0 Å². The van der Waals surface area contributed by atoms with E-state index < -0.39 is 0 Å². The van der Waals surface area contributed by atoms with Gasteiger partial charge in [0, 0.05) is 13.3 Å². The van der Waals surface area contributed by atoms with Crippen LogP contribution in [0.3, 0.4) is 0 Å². The predicted octanol–water partition coefficient (Wildman–Crippen LogP) is 1.97. The fourth-order valence-electron chi connectivity index (χ4n) is 0.393. The molecule has 0 aliphatic carbocycles. The van der Waals surface area contributed by atoms with Crippen LogP contribution in [0.15, 0.2) is 0 Å². The molecule has 0 saturated carbocycles. The van der Waals surface area contributed by atoms with Crippen molar-refractivity contribution < 1.29 is 0 Å². The Hall–Kier alpha value is -0.0900. The second kappa shape index (κ2) is 6.91. The van der Waals surface area contributed by atoms with Crippen molar-refractivity contribution in [3.05, 3.63) is 6.92 Å². The zero-order valence-corrected chi connectivity index (χ0v) is 6.05. The van der Waals surface area contributed by atoms with E-state index in [0.717, 1.165) is 6.42 Å². The van der Waals surface area contributed by atoms with Gasteiger partial charge in [0.1, 0.15) is 0 Å². The quantitative estimate of drug-likeness (QED) is 0.412. The number of unbranched alkanes of at least 4 members (excludes halogenated alkanes) is 1. The van der Waals surface area contributed by atoms with E-state index in [1.54, 1.807) is 0 Å². The van der Waals surface area contributed by atoms with Crippen LogP contribution >= 0.6 is 11.8 Å². The minimum Gasteiger partial charge on any atom is -0.165 e. The second-order valence-corrected chi connectivity index (χ2v) is 2.44. The van der Waals surface area contributed by atoms with Gasteiger partial charge >= 0.3 is 0 Å². The predicted molar refractivity (Wildman–Crippen MR) is 40.7 cm³/mol. The summed E-state index contributed by atoms with van der Waals surface area (Å²) in [5.41, 5.74) is 0. The molecule has 0 aliphatic rings. The van der Waals surface area contributed by atoms with Crippen molar-refractivity contribution in [2.45, 2.75) is 12.8 Å². The van der Waals surface area contributed by atoms with Gasteiger partial charge in [-0.25, -0.2) is 0 Å². The van der Waals surface area contributed by atoms with Crippen LogP contribution in [0.2, 0.25) is 0 Å². The fourth-order valence-corrected chi connectivity index (χ4v) is 0.826. The van der Waals surface area contributed by atoms with Gasteiger partial charge < -0.3 is 0 Å². The highest BCUT2D eigenvalue weighted by Gasteiger charge is 1.78. The summed E-state index contributed by atoms with van der Waals surface area (Å²) in [5.74, 6) is 6.74. The molecule has 0 atom stereocenters. The Morgan fingerprint density at radius 1 is 1.62 bits per heavy atom. The van der Waals surface area contributed by atoms with E-state index in [1.165, 1.54) is 12.2 Å². The SMILES string of the molecule is [CH2]C#CCCCSC. The van der Waals surface area contributed by atoms with Gasteiger partial charge in [-0.05, 0) is 18.4 Å². The van der Waals surface area contributed by atoms with Crippen molar-refractivity contribution in [3.63, 3.8) is 0 Å². The normalized spacial score (nSPS) is 7.75. The average Bonchev–Trinajstić information content (AvgIpc) is 1.81. The molecule has 0 rings (SSSR count). The molecule has 1 radical (unpaired) electrons. The van der Waals surface area contributed by atoms with Crippen LogP contribution in [0.1, 0.15) is 12.8 Å². The first kappa shape index (κ1) is 7.91. The van der Waals surface area contributed by atoms with Gasteiger partial charge in [-0.1, -0.05) is 0 Å². The Kier molecular flexibility index (Phi) is 6.83. The third kappa shape index (κ3) is 5.91. The Morgan fingerprint density at radius 2 is 2.38 bits per heavy atom. The van der Waals surface area contributed by atoms with Crippen LogP contribution in [-0.2, 0) is 0 Å². The van der Waals surface area contributed by atoms with E-state index in [1.807, 2.05) is 11.8 Å². The molecule has 0 saturated heterocycles. The smallest absolute Gasteiger partial charge is 0.0198 e. The molecule has 0 amide bonds. The van der Waals surface area contributed by atoms with Gasteiger partial charge in [-0.15, -0.1) is 11.8 Å². The molecular weight excluding hydrogens is 116 g/mol. The van der Waals surface area contributed by atoms with Gasteiger partial charge in [0.25, 0.3) is 0 Å². The third-order valence-corrected chi connectivity index (χ3v) is 1.47. The summed E-state index contributed by atoms with van der Waals surface area (Å²) in [4.78, 5) is 0. The molecule has 0 aromatic carbocycles. The van der Waals surface area contributed by atoms with Gasteiger partial charge in [-0.3, -0.25) is 0 Å². The third-order valence-electron chi connectivity index (χ3n) is 0.775. The van der Waals surface area contributed by atoms with Crippen molar-refractivity contribution in [1.29, 1.82) is 0 Å². The van der Waals surface area contributed by atoms with Crippen LogP contribution < -0.4 is 0 Å². The lowest BCUT2D eigenvalue weighted by Crippen LogP contribution is -1.74. The average molecular weight is 127 g/mol. The van der Waals surface area contributed by atoms with Crippen LogP contribution in [0, 0.1) is 18.8 Å². The first-order valence-corrected chi connectivity index (χ1v) is 4.05. The standard InChI is InChI=1S/C7H11S/c1-3-4-5-6-7-8-2/h1,5-7H2,2H3. The molecular formula is C7H11S. The van der Waals surface area contributed by atoms with Crippen LogP contribution in [0.4, 0.5) is 0 Å². The van der Waals surface area contributed by atoms with E-state index in [9.17, 15) is 0 Å². The molecule has 45 valence electrons. The van der Waals surface area contributed by atoms with Crippen LogP contribution in [0.5, 0.6) is 0 Å². The van der Waals surface area contributed by atoms with Gasteiger partial charge in [0.2, 0.25) is 0 Å². The summed E-state index contributed by atoms with van der Waals surface area (Å²) in [7, 11) is 0. The highest BCUT2D eigenvalue weighted by atomic mass is 32.2. The number of hydrogen-bond donors (Lipinski definition) is 0. The maximum absolute atomic E-state index is 3.42. The lowest BCUT2D eigenvalue weighted by molar-refractivity contribution is 0.999. The summed E-state index contributed by atoms with van der Waals surface area (Å²) in [6.07, 6.45) is 4.31. The van der Waals surface area contributed by atoms with Gasteiger partial charge in [0.15, 0.2) is 0 Å². The largest absolute Gasteiger partial charge is 0.165 e. The van der Waals surface area contributed by atoms with Crippen molar-refractivity contribution in [1.82, 2.24) is 0 Å². The highest BCUT2D eigenvalue weighted by molar-refractivity contribution is 7.98. The molecule has 0 unspecified atom stereocenters. The maximum atomic E-state index is 3.42. The first-order valence-electron chi connectivity index (χ1n) is 2.65. The van der Waals surface area contributed by atoms with Crippen molar-refractivity contribution in [2.24, 2.45) is 0 Å². The van der Waals surface area contributed by atoms with E-state index in [-0.39, 0.29) is 0 Å². The van der Waals surface area contributed by atoms with E-state index in [2.05, 4.69) is 25.0 Å². The molecule has 0 heterocycles. The van der Waals surface area contributed by atoms with Crippen LogP contribution in [0.25, 0.3) is 0 Å². The molecule has 0 N–H and O–H groups in total. The maximum Gasteiger partial charge on any atom is 0.0198 e. The van der Waals surface area contributed by atoms with Crippen LogP contribution in [-0.4, -0.2) is 12.0 Å². The molecule has 0 spiro atoms. The summed E-state index contributed by atoms with van der Waals surface area (Å²) in [6.45, 7) is 3.42. The molecule has 0 aromatic rings. The molecule has 0 bridgehead atoms. The molecule has 0 aromatic heterocycles. The minimum absolute atomic E-state index is 1.00. The zero-order valence-electron chi connectivity index (χ0n) is 5.24. The topological polar surface area (TPSA) is 0 Å². The molecule has 0 fully saturated rings. The Labute approximate surface area is 56.1 Å². The zero-order chi connectivity index (χ0) is 6.24. The number of thioether (sulfide) groups is 1.